The number of rotatable bonds is 5. The number of piperidine rings is 1. The summed E-state index contributed by atoms with van der Waals surface area (Å²) in [6.07, 6.45) is 3.43. The number of methoxy groups -OCH3 is 1. The molecule has 1 saturated heterocycles. The van der Waals surface area contributed by atoms with Crippen molar-refractivity contribution in [1.29, 1.82) is 0 Å². The molecule has 132 valence electrons. The zero-order chi connectivity index (χ0) is 17.6. The van der Waals surface area contributed by atoms with Crippen LogP contribution in [0.25, 0.3) is 0 Å². The minimum Gasteiger partial charge on any atom is -0.493 e. The summed E-state index contributed by atoms with van der Waals surface area (Å²) in [6, 6.07) is 7.68. The van der Waals surface area contributed by atoms with Crippen molar-refractivity contribution < 1.29 is 18.7 Å². The second-order valence-electron chi connectivity index (χ2n) is 5.97. The topological polar surface area (TPSA) is 64.5 Å². The number of benzene rings is 1. The van der Waals surface area contributed by atoms with E-state index in [-0.39, 0.29) is 11.5 Å². The first-order valence-electron chi connectivity index (χ1n) is 8.19. The van der Waals surface area contributed by atoms with E-state index in [1.807, 2.05) is 0 Å². The van der Waals surface area contributed by atoms with Gasteiger partial charge in [-0.15, -0.1) is 0 Å². The van der Waals surface area contributed by atoms with Gasteiger partial charge in [0.15, 0.2) is 5.69 Å². The molecule has 1 aliphatic rings. The van der Waals surface area contributed by atoms with Crippen LogP contribution in [0.15, 0.2) is 36.7 Å². The van der Waals surface area contributed by atoms with Crippen molar-refractivity contribution in [2.24, 2.45) is 5.92 Å². The van der Waals surface area contributed by atoms with Crippen LogP contribution in [-0.2, 0) is 4.74 Å². The fourth-order valence-electron chi connectivity index (χ4n) is 2.89. The van der Waals surface area contributed by atoms with E-state index in [9.17, 15) is 9.18 Å². The van der Waals surface area contributed by atoms with Crippen LogP contribution in [0, 0.1) is 11.7 Å². The van der Waals surface area contributed by atoms with Gasteiger partial charge in [0.25, 0.3) is 0 Å². The van der Waals surface area contributed by atoms with Gasteiger partial charge < -0.3 is 14.4 Å². The molecule has 0 amide bonds. The lowest BCUT2D eigenvalue weighted by Crippen LogP contribution is -2.38. The molecule has 2 heterocycles. The van der Waals surface area contributed by atoms with Gasteiger partial charge in [0, 0.05) is 25.1 Å². The molecule has 6 nitrogen and oxygen atoms in total. The first-order valence-corrected chi connectivity index (χ1v) is 8.19. The first-order chi connectivity index (χ1) is 12.2. The van der Waals surface area contributed by atoms with Crippen LogP contribution in [0.5, 0.6) is 5.75 Å². The van der Waals surface area contributed by atoms with E-state index in [4.69, 9.17) is 9.47 Å². The Balaban J connectivity index is 1.61. The summed E-state index contributed by atoms with van der Waals surface area (Å²) in [7, 11) is 1.33. The molecule has 2 aromatic rings. The van der Waals surface area contributed by atoms with Gasteiger partial charge in [-0.2, -0.15) is 0 Å². The first kappa shape index (κ1) is 17.1. The molecule has 0 N–H and O–H groups in total. The van der Waals surface area contributed by atoms with Gasteiger partial charge in [-0.25, -0.2) is 19.2 Å². The van der Waals surface area contributed by atoms with Crippen molar-refractivity contribution in [3.8, 4) is 5.75 Å². The molecule has 1 aliphatic heterocycles. The van der Waals surface area contributed by atoms with E-state index in [1.54, 1.807) is 18.2 Å². The molecule has 25 heavy (non-hydrogen) atoms. The van der Waals surface area contributed by atoms with Crippen LogP contribution in [0.2, 0.25) is 0 Å². The van der Waals surface area contributed by atoms with Crippen LogP contribution in [0.1, 0.15) is 23.3 Å². The molecule has 1 aromatic heterocycles. The normalized spacial score (nSPS) is 17.2. The van der Waals surface area contributed by atoms with Gasteiger partial charge in [-0.05, 0) is 37.1 Å². The number of esters is 1. The summed E-state index contributed by atoms with van der Waals surface area (Å²) in [5.74, 6) is 0.948. The lowest BCUT2D eigenvalue weighted by atomic mass is 9.99. The molecule has 3 rings (SSSR count). The average Bonchev–Trinajstić information content (AvgIpc) is 2.67. The number of hydrogen-bond donors (Lipinski definition) is 0. The number of carbonyl (C=O) groups excluding carboxylic acids is 1. The van der Waals surface area contributed by atoms with Crippen molar-refractivity contribution in [3.63, 3.8) is 0 Å². The molecule has 0 radical (unpaired) electrons. The Bertz CT molecular complexity index is 724. The van der Waals surface area contributed by atoms with E-state index in [1.165, 1.54) is 25.6 Å². The van der Waals surface area contributed by atoms with Gasteiger partial charge in [0.1, 0.15) is 23.7 Å². The largest absolute Gasteiger partial charge is 0.493 e. The average molecular weight is 345 g/mol. The molecule has 1 aromatic carbocycles. The van der Waals surface area contributed by atoms with E-state index in [0.29, 0.717) is 24.1 Å². The molecule has 0 bridgehead atoms. The predicted octanol–water partition coefficient (Wildman–Crippen LogP) is 2.70. The van der Waals surface area contributed by atoms with Crippen LogP contribution in [0.3, 0.4) is 0 Å². The maximum atomic E-state index is 12.9. The smallest absolute Gasteiger partial charge is 0.356 e. The van der Waals surface area contributed by atoms with E-state index < -0.39 is 5.97 Å². The SMILES string of the molecule is COC(=O)c1cc(N2CCCC(COc3ccc(F)cc3)C2)ncn1. The molecular formula is C18H20FN3O3. The highest BCUT2D eigenvalue weighted by atomic mass is 19.1. The number of ether oxygens (including phenoxy) is 2. The molecule has 1 atom stereocenters. The molecule has 0 spiro atoms. The minimum absolute atomic E-state index is 0.247. The van der Waals surface area contributed by atoms with E-state index >= 15 is 0 Å². The fourth-order valence-corrected chi connectivity index (χ4v) is 2.89. The number of hydrogen-bond acceptors (Lipinski definition) is 6. The van der Waals surface area contributed by atoms with Crippen LogP contribution >= 0.6 is 0 Å². The fraction of sp³-hybridized carbons (Fsp3) is 0.389. The maximum Gasteiger partial charge on any atom is 0.356 e. The van der Waals surface area contributed by atoms with Crippen LogP contribution in [-0.4, -0.2) is 42.7 Å². The molecular weight excluding hydrogens is 325 g/mol. The Morgan fingerprint density at radius 2 is 2.12 bits per heavy atom. The summed E-state index contributed by atoms with van der Waals surface area (Å²) in [5, 5.41) is 0. The highest BCUT2D eigenvalue weighted by Crippen LogP contribution is 2.23. The Kier molecular flexibility index (Phi) is 5.42. The van der Waals surface area contributed by atoms with Gasteiger partial charge in [0.2, 0.25) is 0 Å². The Morgan fingerprint density at radius 1 is 1.32 bits per heavy atom. The lowest BCUT2D eigenvalue weighted by molar-refractivity contribution is 0.0594. The van der Waals surface area contributed by atoms with Crippen molar-refractivity contribution in [2.75, 3.05) is 31.7 Å². The Hall–Kier alpha value is -2.70. The standard InChI is InChI=1S/C18H20FN3O3/c1-24-18(23)16-9-17(21-12-20-16)22-8-2-3-13(10-22)11-25-15-6-4-14(19)5-7-15/h4-7,9,12-13H,2-3,8,10-11H2,1H3. The van der Waals surface area contributed by atoms with E-state index in [0.717, 1.165) is 25.9 Å². The van der Waals surface area contributed by atoms with Gasteiger partial charge >= 0.3 is 5.97 Å². The van der Waals surface area contributed by atoms with Crippen molar-refractivity contribution >= 4 is 11.8 Å². The highest BCUT2D eigenvalue weighted by molar-refractivity contribution is 5.87. The zero-order valence-corrected chi connectivity index (χ0v) is 14.0. The number of halogens is 1. The maximum absolute atomic E-state index is 12.9. The van der Waals surface area contributed by atoms with Crippen molar-refractivity contribution in [3.05, 3.63) is 48.2 Å². The number of aromatic nitrogens is 2. The zero-order valence-electron chi connectivity index (χ0n) is 14.0. The number of nitrogens with zero attached hydrogens (tertiary/aromatic N) is 3. The summed E-state index contributed by atoms with van der Waals surface area (Å²) < 4.78 is 23.4. The number of carbonyl (C=O) groups is 1. The summed E-state index contributed by atoms with van der Waals surface area (Å²) >= 11 is 0. The molecule has 0 aliphatic carbocycles. The Morgan fingerprint density at radius 3 is 2.88 bits per heavy atom. The second-order valence-corrected chi connectivity index (χ2v) is 5.97. The highest BCUT2D eigenvalue weighted by Gasteiger charge is 2.22. The van der Waals surface area contributed by atoms with Gasteiger partial charge in [0.05, 0.1) is 13.7 Å². The summed E-state index contributed by atoms with van der Waals surface area (Å²) in [5.41, 5.74) is 0.247. The molecule has 1 unspecified atom stereocenters. The molecule has 0 saturated carbocycles. The summed E-state index contributed by atoms with van der Waals surface area (Å²) in [4.78, 5) is 21.9. The quantitative estimate of drug-likeness (QED) is 0.777. The van der Waals surface area contributed by atoms with Gasteiger partial charge in [-0.3, -0.25) is 0 Å². The van der Waals surface area contributed by atoms with E-state index in [2.05, 4.69) is 14.9 Å². The van der Waals surface area contributed by atoms with Crippen molar-refractivity contribution in [2.45, 2.75) is 12.8 Å². The van der Waals surface area contributed by atoms with Crippen LogP contribution < -0.4 is 9.64 Å². The van der Waals surface area contributed by atoms with Crippen molar-refractivity contribution in [1.82, 2.24) is 9.97 Å². The summed E-state index contributed by atoms with van der Waals surface area (Å²) in [6.45, 7) is 2.20. The second kappa shape index (κ2) is 7.92. The molecule has 7 heteroatoms. The monoisotopic (exact) mass is 345 g/mol. The third kappa shape index (κ3) is 4.43. The van der Waals surface area contributed by atoms with Gasteiger partial charge in [-0.1, -0.05) is 0 Å². The third-order valence-corrected chi connectivity index (χ3v) is 4.19. The Labute approximate surface area is 145 Å². The predicted molar refractivity (Wildman–Crippen MR) is 90.2 cm³/mol. The van der Waals surface area contributed by atoms with Crippen LogP contribution in [0.4, 0.5) is 10.2 Å². The molecule has 1 fully saturated rings. The lowest BCUT2D eigenvalue weighted by Gasteiger charge is -2.33. The third-order valence-electron chi connectivity index (χ3n) is 4.19. The number of anilines is 1. The minimum atomic E-state index is -0.475.